The van der Waals surface area contributed by atoms with Crippen LogP contribution in [-0.4, -0.2) is 35.5 Å². The number of hydrogen-bond donors (Lipinski definition) is 1. The first kappa shape index (κ1) is 17.0. The van der Waals surface area contributed by atoms with Gasteiger partial charge in [0.2, 0.25) is 0 Å². The van der Waals surface area contributed by atoms with Crippen molar-refractivity contribution in [3.05, 3.63) is 0 Å². The lowest BCUT2D eigenvalue weighted by molar-refractivity contribution is 0.287. The summed E-state index contributed by atoms with van der Waals surface area (Å²) in [6.07, 6.45) is 5.71. The van der Waals surface area contributed by atoms with Crippen LogP contribution in [0.25, 0.3) is 0 Å². The van der Waals surface area contributed by atoms with E-state index in [1.807, 2.05) is 11.8 Å². The SMILES string of the molecule is CC(CC(C)C)=NCCCCSCCCCO. The van der Waals surface area contributed by atoms with Crippen molar-refractivity contribution in [3.8, 4) is 0 Å². The molecule has 0 atom stereocenters. The Morgan fingerprint density at radius 3 is 2.35 bits per heavy atom. The summed E-state index contributed by atoms with van der Waals surface area (Å²) in [7, 11) is 0. The lowest BCUT2D eigenvalue weighted by Gasteiger charge is -2.04. The van der Waals surface area contributed by atoms with E-state index in [0.717, 1.165) is 31.7 Å². The van der Waals surface area contributed by atoms with Crippen molar-refractivity contribution in [3.63, 3.8) is 0 Å². The number of aliphatic imine (C=N–C) groups is 1. The van der Waals surface area contributed by atoms with E-state index in [4.69, 9.17) is 5.11 Å². The largest absolute Gasteiger partial charge is 0.396 e. The van der Waals surface area contributed by atoms with Crippen LogP contribution in [-0.2, 0) is 0 Å². The molecule has 1 N–H and O–H groups in total. The molecule has 0 aromatic carbocycles. The number of thioether (sulfide) groups is 1. The summed E-state index contributed by atoms with van der Waals surface area (Å²) in [4.78, 5) is 4.59. The maximum absolute atomic E-state index is 8.63. The predicted molar refractivity (Wildman–Crippen MR) is 80.3 cm³/mol. The molecule has 0 aromatic heterocycles. The molecule has 0 fully saturated rings. The van der Waals surface area contributed by atoms with Crippen molar-refractivity contribution in [2.24, 2.45) is 10.9 Å². The third-order valence-electron chi connectivity index (χ3n) is 2.48. The summed E-state index contributed by atoms with van der Waals surface area (Å²) in [5, 5.41) is 8.63. The number of hydrogen-bond acceptors (Lipinski definition) is 3. The molecule has 0 rings (SSSR count). The second-order valence-corrected chi connectivity index (χ2v) is 6.19. The third kappa shape index (κ3) is 13.9. The van der Waals surface area contributed by atoms with Crippen LogP contribution in [0.3, 0.4) is 0 Å². The molecular weight excluding hydrogens is 230 g/mol. The highest BCUT2D eigenvalue weighted by molar-refractivity contribution is 7.99. The van der Waals surface area contributed by atoms with Crippen molar-refractivity contribution >= 4 is 17.5 Å². The molecule has 0 heterocycles. The number of unbranched alkanes of at least 4 members (excludes halogenated alkanes) is 2. The van der Waals surface area contributed by atoms with Gasteiger partial charge in [0.25, 0.3) is 0 Å². The van der Waals surface area contributed by atoms with Gasteiger partial charge in [0.15, 0.2) is 0 Å². The first-order valence-corrected chi connectivity index (χ1v) is 8.00. The van der Waals surface area contributed by atoms with Gasteiger partial charge in [-0.25, -0.2) is 0 Å². The van der Waals surface area contributed by atoms with Gasteiger partial charge in [0.1, 0.15) is 0 Å². The van der Waals surface area contributed by atoms with Crippen LogP contribution in [0.15, 0.2) is 4.99 Å². The lowest BCUT2D eigenvalue weighted by Crippen LogP contribution is -1.99. The van der Waals surface area contributed by atoms with Crippen LogP contribution in [0.1, 0.15) is 52.9 Å². The zero-order valence-electron chi connectivity index (χ0n) is 11.7. The molecule has 17 heavy (non-hydrogen) atoms. The van der Waals surface area contributed by atoms with Crippen molar-refractivity contribution in [1.82, 2.24) is 0 Å². The van der Waals surface area contributed by atoms with Crippen molar-refractivity contribution in [1.29, 1.82) is 0 Å². The topological polar surface area (TPSA) is 32.6 Å². The molecule has 2 nitrogen and oxygen atoms in total. The number of rotatable bonds is 11. The van der Waals surface area contributed by atoms with E-state index in [1.54, 1.807) is 0 Å². The maximum atomic E-state index is 8.63. The van der Waals surface area contributed by atoms with Crippen LogP contribution in [0, 0.1) is 5.92 Å². The fourth-order valence-electron chi connectivity index (χ4n) is 1.66. The fraction of sp³-hybridized carbons (Fsp3) is 0.929. The first-order chi connectivity index (χ1) is 8.16. The zero-order chi connectivity index (χ0) is 12.9. The Labute approximate surface area is 111 Å². The molecule has 0 radical (unpaired) electrons. The van der Waals surface area contributed by atoms with E-state index in [-0.39, 0.29) is 0 Å². The van der Waals surface area contributed by atoms with Crippen LogP contribution >= 0.6 is 11.8 Å². The van der Waals surface area contributed by atoms with Gasteiger partial charge >= 0.3 is 0 Å². The number of nitrogens with zero attached hydrogens (tertiary/aromatic N) is 1. The van der Waals surface area contributed by atoms with Crippen molar-refractivity contribution < 1.29 is 5.11 Å². The Morgan fingerprint density at radius 2 is 1.76 bits per heavy atom. The fourth-order valence-corrected chi connectivity index (χ4v) is 2.68. The summed E-state index contributed by atoms with van der Waals surface area (Å²) < 4.78 is 0. The van der Waals surface area contributed by atoms with Gasteiger partial charge in [0.05, 0.1) is 0 Å². The van der Waals surface area contributed by atoms with Crippen LogP contribution < -0.4 is 0 Å². The number of aliphatic hydroxyl groups is 1. The van der Waals surface area contributed by atoms with E-state index in [2.05, 4.69) is 25.8 Å². The molecule has 0 saturated carbocycles. The Kier molecular flexibility index (Phi) is 12.4. The second kappa shape index (κ2) is 12.4. The van der Waals surface area contributed by atoms with Crippen LogP contribution in [0.5, 0.6) is 0 Å². The lowest BCUT2D eigenvalue weighted by atomic mass is 10.1. The van der Waals surface area contributed by atoms with Gasteiger partial charge in [-0.2, -0.15) is 11.8 Å². The Bertz CT molecular complexity index is 193. The van der Waals surface area contributed by atoms with Gasteiger partial charge in [0, 0.05) is 18.9 Å². The van der Waals surface area contributed by atoms with Gasteiger partial charge in [-0.15, -0.1) is 0 Å². The standard InChI is InChI=1S/C14H29NOS/c1-13(2)12-14(3)15-8-4-6-10-17-11-7-5-9-16/h13,16H,4-12H2,1-3H3. The molecule has 0 spiro atoms. The average Bonchev–Trinajstić information content (AvgIpc) is 2.26. The average molecular weight is 259 g/mol. The van der Waals surface area contributed by atoms with Gasteiger partial charge in [-0.3, -0.25) is 4.99 Å². The van der Waals surface area contributed by atoms with Crippen molar-refractivity contribution in [2.45, 2.75) is 52.9 Å². The van der Waals surface area contributed by atoms with Crippen LogP contribution in [0.2, 0.25) is 0 Å². The Balaban J connectivity index is 3.22. The second-order valence-electron chi connectivity index (χ2n) is 4.97. The van der Waals surface area contributed by atoms with Gasteiger partial charge in [-0.05, 0) is 56.5 Å². The number of aliphatic hydroxyl groups excluding tert-OH is 1. The minimum atomic E-state index is 0.338. The molecule has 3 heteroatoms. The normalized spacial score (nSPS) is 12.4. The van der Waals surface area contributed by atoms with Crippen LogP contribution in [0.4, 0.5) is 0 Å². The summed E-state index contributed by atoms with van der Waals surface area (Å²) in [6, 6.07) is 0. The summed E-state index contributed by atoms with van der Waals surface area (Å²) >= 11 is 2.00. The molecule has 0 saturated heterocycles. The third-order valence-corrected chi connectivity index (χ3v) is 3.63. The van der Waals surface area contributed by atoms with Crippen molar-refractivity contribution in [2.75, 3.05) is 24.7 Å². The highest BCUT2D eigenvalue weighted by Crippen LogP contribution is 2.08. The smallest absolute Gasteiger partial charge is 0.0431 e. The first-order valence-electron chi connectivity index (χ1n) is 6.85. The quantitative estimate of drug-likeness (QED) is 0.452. The Morgan fingerprint density at radius 1 is 1.12 bits per heavy atom. The zero-order valence-corrected chi connectivity index (χ0v) is 12.6. The minimum absolute atomic E-state index is 0.338. The molecular formula is C14H29NOS. The molecule has 0 bridgehead atoms. The summed E-state index contributed by atoms with van der Waals surface area (Å²) in [6.45, 7) is 7.95. The molecule has 0 aliphatic rings. The molecule has 0 aliphatic carbocycles. The van der Waals surface area contributed by atoms with Gasteiger partial charge in [-0.1, -0.05) is 13.8 Å². The monoisotopic (exact) mass is 259 g/mol. The highest BCUT2D eigenvalue weighted by Gasteiger charge is 1.96. The molecule has 0 unspecified atom stereocenters. The van der Waals surface area contributed by atoms with E-state index in [0.29, 0.717) is 6.61 Å². The molecule has 102 valence electrons. The van der Waals surface area contributed by atoms with E-state index in [9.17, 15) is 0 Å². The Hall–Kier alpha value is -0.0200. The van der Waals surface area contributed by atoms with Gasteiger partial charge < -0.3 is 5.11 Å². The maximum Gasteiger partial charge on any atom is 0.0431 e. The summed E-state index contributed by atoms with van der Waals surface area (Å²) in [5.41, 5.74) is 1.30. The minimum Gasteiger partial charge on any atom is -0.396 e. The summed E-state index contributed by atoms with van der Waals surface area (Å²) in [5.74, 6) is 3.15. The molecule has 0 aromatic rings. The van der Waals surface area contributed by atoms with E-state index in [1.165, 1.54) is 30.1 Å². The van der Waals surface area contributed by atoms with E-state index >= 15 is 0 Å². The van der Waals surface area contributed by atoms with E-state index < -0.39 is 0 Å². The molecule has 0 aliphatic heterocycles. The highest BCUT2D eigenvalue weighted by atomic mass is 32.2. The predicted octanol–water partition coefficient (Wildman–Crippen LogP) is 3.78. The molecule has 0 amide bonds.